The number of hydrogen-bond acceptors (Lipinski definition) is 2. The zero-order valence-electron chi connectivity index (χ0n) is 8.95. The van der Waals surface area contributed by atoms with E-state index in [1.54, 1.807) is 18.2 Å². The normalized spacial score (nSPS) is 12.7. The van der Waals surface area contributed by atoms with E-state index >= 15 is 0 Å². The Kier molecular flexibility index (Phi) is 5.29. The highest BCUT2D eigenvalue weighted by atomic mass is 19.1. The summed E-state index contributed by atoms with van der Waals surface area (Å²) >= 11 is 0. The molecule has 1 rings (SSSR count). The Morgan fingerprint density at radius 3 is 2.73 bits per heavy atom. The highest BCUT2D eigenvalue weighted by Gasteiger charge is 2.11. The van der Waals surface area contributed by atoms with Crippen molar-refractivity contribution >= 4 is 0 Å². The second-order valence-corrected chi connectivity index (χ2v) is 3.44. The van der Waals surface area contributed by atoms with Crippen LogP contribution < -0.4 is 0 Å². The number of hydrogen-bond donors (Lipinski definition) is 1. The third-order valence-corrected chi connectivity index (χ3v) is 2.15. The van der Waals surface area contributed by atoms with Crippen LogP contribution in [0.4, 0.5) is 4.39 Å². The number of rotatable bonds is 6. The van der Waals surface area contributed by atoms with Crippen LogP contribution in [0.3, 0.4) is 0 Å². The summed E-state index contributed by atoms with van der Waals surface area (Å²) < 4.78 is 18.4. The minimum Gasteiger partial charge on any atom is -0.388 e. The first kappa shape index (κ1) is 12.1. The Morgan fingerprint density at radius 2 is 2.07 bits per heavy atom. The molecule has 1 aromatic carbocycles. The van der Waals surface area contributed by atoms with E-state index in [2.05, 4.69) is 0 Å². The van der Waals surface area contributed by atoms with Gasteiger partial charge in [0.05, 0.1) is 6.10 Å². The third kappa shape index (κ3) is 3.98. The molecule has 2 nitrogen and oxygen atoms in total. The predicted molar refractivity (Wildman–Crippen MR) is 57.1 cm³/mol. The van der Waals surface area contributed by atoms with E-state index in [0.29, 0.717) is 25.2 Å². The smallest absolute Gasteiger partial charge is 0.128 e. The Balaban J connectivity index is 2.40. The molecule has 1 atom stereocenters. The molecule has 1 aromatic rings. The average molecular weight is 212 g/mol. The van der Waals surface area contributed by atoms with Gasteiger partial charge < -0.3 is 9.84 Å². The third-order valence-electron chi connectivity index (χ3n) is 2.15. The van der Waals surface area contributed by atoms with Gasteiger partial charge in [0.25, 0.3) is 0 Å². The van der Waals surface area contributed by atoms with Crippen LogP contribution in [0.15, 0.2) is 24.3 Å². The molecular formula is C12H17FO2. The van der Waals surface area contributed by atoms with E-state index in [1.807, 2.05) is 6.92 Å². The van der Waals surface area contributed by atoms with E-state index in [9.17, 15) is 9.50 Å². The lowest BCUT2D eigenvalue weighted by molar-refractivity contribution is 0.0806. The summed E-state index contributed by atoms with van der Waals surface area (Å²) in [5.74, 6) is -0.361. The molecule has 84 valence electrons. The molecule has 0 saturated carbocycles. The van der Waals surface area contributed by atoms with Gasteiger partial charge in [-0.3, -0.25) is 0 Å². The van der Waals surface area contributed by atoms with Crippen molar-refractivity contribution in [3.8, 4) is 0 Å². The second-order valence-electron chi connectivity index (χ2n) is 3.44. The molecule has 0 heterocycles. The van der Waals surface area contributed by atoms with Crippen molar-refractivity contribution in [3.05, 3.63) is 35.6 Å². The summed E-state index contributed by atoms with van der Waals surface area (Å²) in [6.07, 6.45) is 0.611. The molecule has 15 heavy (non-hydrogen) atoms. The van der Waals surface area contributed by atoms with Gasteiger partial charge in [-0.25, -0.2) is 4.39 Å². The highest BCUT2D eigenvalue weighted by molar-refractivity contribution is 5.19. The van der Waals surface area contributed by atoms with Crippen LogP contribution >= 0.6 is 0 Å². The van der Waals surface area contributed by atoms with Crippen LogP contribution in [-0.2, 0) is 4.74 Å². The molecule has 0 aliphatic rings. The Labute approximate surface area is 89.7 Å². The number of benzene rings is 1. The molecule has 3 heteroatoms. The Bertz CT molecular complexity index is 289. The molecule has 1 unspecified atom stereocenters. The fourth-order valence-electron chi connectivity index (χ4n) is 1.34. The molecule has 0 aliphatic carbocycles. The number of aliphatic hydroxyl groups is 1. The lowest BCUT2D eigenvalue weighted by Crippen LogP contribution is -2.05. The summed E-state index contributed by atoms with van der Waals surface area (Å²) in [5, 5.41) is 9.68. The molecule has 0 aliphatic heterocycles. The van der Waals surface area contributed by atoms with E-state index in [0.717, 1.165) is 6.42 Å². The van der Waals surface area contributed by atoms with Crippen LogP contribution in [0.25, 0.3) is 0 Å². The van der Waals surface area contributed by atoms with Gasteiger partial charge in [0.2, 0.25) is 0 Å². The van der Waals surface area contributed by atoms with Crippen molar-refractivity contribution < 1.29 is 14.2 Å². The van der Waals surface area contributed by atoms with Gasteiger partial charge >= 0.3 is 0 Å². The van der Waals surface area contributed by atoms with Crippen LogP contribution in [0, 0.1) is 5.82 Å². The van der Waals surface area contributed by atoms with E-state index in [-0.39, 0.29) is 5.82 Å². The molecule has 1 N–H and O–H groups in total. The maximum Gasteiger partial charge on any atom is 0.128 e. The van der Waals surface area contributed by atoms with Crippen molar-refractivity contribution in [2.45, 2.75) is 25.9 Å². The van der Waals surface area contributed by atoms with Gasteiger partial charge in [0.15, 0.2) is 0 Å². The fraction of sp³-hybridized carbons (Fsp3) is 0.500. The fourth-order valence-corrected chi connectivity index (χ4v) is 1.34. The zero-order valence-corrected chi connectivity index (χ0v) is 8.95. The molecule has 0 aromatic heterocycles. The minimum atomic E-state index is -0.775. The van der Waals surface area contributed by atoms with Gasteiger partial charge in [-0.15, -0.1) is 0 Å². The van der Waals surface area contributed by atoms with Crippen molar-refractivity contribution in [2.75, 3.05) is 13.2 Å². The van der Waals surface area contributed by atoms with Gasteiger partial charge in [-0.05, 0) is 12.5 Å². The van der Waals surface area contributed by atoms with E-state index < -0.39 is 6.10 Å². The molecule has 0 radical (unpaired) electrons. The number of ether oxygens (including phenoxy) is 1. The first-order valence-electron chi connectivity index (χ1n) is 5.26. The topological polar surface area (TPSA) is 29.5 Å². The summed E-state index contributed by atoms with van der Waals surface area (Å²) in [4.78, 5) is 0. The van der Waals surface area contributed by atoms with Crippen LogP contribution in [0.5, 0.6) is 0 Å². The van der Waals surface area contributed by atoms with Crippen molar-refractivity contribution in [3.63, 3.8) is 0 Å². The zero-order chi connectivity index (χ0) is 11.1. The largest absolute Gasteiger partial charge is 0.388 e. The quantitative estimate of drug-likeness (QED) is 0.734. The molecule has 0 amide bonds. The van der Waals surface area contributed by atoms with Gasteiger partial charge in [-0.1, -0.05) is 25.1 Å². The van der Waals surface area contributed by atoms with Crippen LogP contribution in [0.2, 0.25) is 0 Å². The SMILES string of the molecule is CCCOCCC(O)c1ccccc1F. The maximum absolute atomic E-state index is 13.2. The maximum atomic E-state index is 13.2. The highest BCUT2D eigenvalue weighted by Crippen LogP contribution is 2.19. The standard InChI is InChI=1S/C12H17FO2/c1-2-8-15-9-7-12(14)10-5-3-4-6-11(10)13/h3-6,12,14H,2,7-9H2,1H3. The second kappa shape index (κ2) is 6.53. The summed E-state index contributed by atoms with van der Waals surface area (Å²) in [6, 6.07) is 6.28. The lowest BCUT2D eigenvalue weighted by atomic mass is 10.1. The first-order chi connectivity index (χ1) is 7.25. The number of halogens is 1. The van der Waals surface area contributed by atoms with E-state index in [4.69, 9.17) is 4.74 Å². The lowest BCUT2D eigenvalue weighted by Gasteiger charge is -2.11. The van der Waals surface area contributed by atoms with Gasteiger partial charge in [-0.2, -0.15) is 0 Å². The molecular weight excluding hydrogens is 195 g/mol. The van der Waals surface area contributed by atoms with Gasteiger partial charge in [0, 0.05) is 25.2 Å². The van der Waals surface area contributed by atoms with Crippen LogP contribution in [-0.4, -0.2) is 18.3 Å². The van der Waals surface area contributed by atoms with Crippen LogP contribution in [0.1, 0.15) is 31.4 Å². The monoisotopic (exact) mass is 212 g/mol. The van der Waals surface area contributed by atoms with Crippen molar-refractivity contribution in [2.24, 2.45) is 0 Å². The van der Waals surface area contributed by atoms with Crippen molar-refractivity contribution in [1.82, 2.24) is 0 Å². The van der Waals surface area contributed by atoms with Gasteiger partial charge in [0.1, 0.15) is 5.82 Å². The van der Waals surface area contributed by atoms with Crippen molar-refractivity contribution in [1.29, 1.82) is 0 Å². The Morgan fingerprint density at radius 1 is 1.33 bits per heavy atom. The molecule has 0 bridgehead atoms. The summed E-state index contributed by atoms with van der Waals surface area (Å²) in [7, 11) is 0. The summed E-state index contributed by atoms with van der Waals surface area (Å²) in [5.41, 5.74) is 0.345. The summed E-state index contributed by atoms with van der Waals surface area (Å²) in [6.45, 7) is 3.17. The Hall–Kier alpha value is -0.930. The minimum absolute atomic E-state index is 0.345. The molecule has 0 saturated heterocycles. The van der Waals surface area contributed by atoms with E-state index in [1.165, 1.54) is 6.07 Å². The predicted octanol–water partition coefficient (Wildman–Crippen LogP) is 2.68. The first-order valence-corrected chi connectivity index (χ1v) is 5.26. The average Bonchev–Trinajstić information content (AvgIpc) is 2.25. The molecule has 0 spiro atoms. The molecule has 0 fully saturated rings. The number of aliphatic hydroxyl groups excluding tert-OH is 1.